The molecule has 104 valence electrons. The van der Waals surface area contributed by atoms with Gasteiger partial charge >= 0.3 is 0 Å². The molecule has 0 aliphatic carbocycles. The highest BCUT2D eigenvalue weighted by atomic mass is 79.9. The SMILES string of the molecule is O=C(CSc1ccccc1Br)NCCc1ccccc1. The minimum Gasteiger partial charge on any atom is -0.355 e. The van der Waals surface area contributed by atoms with Crippen LogP contribution in [0.4, 0.5) is 0 Å². The van der Waals surface area contributed by atoms with Crippen LogP contribution in [-0.4, -0.2) is 18.2 Å². The number of amides is 1. The third kappa shape index (κ3) is 5.02. The third-order valence-corrected chi connectivity index (χ3v) is 4.80. The highest BCUT2D eigenvalue weighted by molar-refractivity contribution is 9.10. The molecule has 20 heavy (non-hydrogen) atoms. The van der Waals surface area contributed by atoms with Crippen LogP contribution in [0.3, 0.4) is 0 Å². The summed E-state index contributed by atoms with van der Waals surface area (Å²) in [5.74, 6) is 0.513. The van der Waals surface area contributed by atoms with Gasteiger partial charge in [0, 0.05) is 15.9 Å². The predicted octanol–water partition coefficient (Wildman–Crippen LogP) is 3.90. The molecule has 0 aliphatic rings. The lowest BCUT2D eigenvalue weighted by atomic mass is 10.1. The van der Waals surface area contributed by atoms with E-state index in [0.717, 1.165) is 15.8 Å². The van der Waals surface area contributed by atoms with Crippen LogP contribution in [0.1, 0.15) is 5.56 Å². The number of carbonyl (C=O) groups excluding carboxylic acids is 1. The van der Waals surface area contributed by atoms with Crippen LogP contribution in [0.2, 0.25) is 0 Å². The van der Waals surface area contributed by atoms with Crippen molar-refractivity contribution in [3.05, 3.63) is 64.6 Å². The van der Waals surface area contributed by atoms with Gasteiger partial charge in [-0.15, -0.1) is 11.8 Å². The number of halogens is 1. The molecule has 1 N–H and O–H groups in total. The summed E-state index contributed by atoms with van der Waals surface area (Å²) in [5, 5.41) is 2.95. The molecule has 0 unspecified atom stereocenters. The molecule has 0 radical (unpaired) electrons. The zero-order valence-electron chi connectivity index (χ0n) is 11.0. The van der Waals surface area contributed by atoms with E-state index in [9.17, 15) is 4.79 Å². The second-order valence-corrected chi connectivity index (χ2v) is 6.18. The Morgan fingerprint density at radius 1 is 1.05 bits per heavy atom. The van der Waals surface area contributed by atoms with Crippen molar-refractivity contribution >= 4 is 33.6 Å². The largest absolute Gasteiger partial charge is 0.355 e. The standard InChI is InChI=1S/C16H16BrNOS/c17-14-8-4-5-9-15(14)20-12-16(19)18-11-10-13-6-2-1-3-7-13/h1-9H,10-12H2,(H,18,19). The zero-order valence-corrected chi connectivity index (χ0v) is 13.4. The summed E-state index contributed by atoms with van der Waals surface area (Å²) in [6.07, 6.45) is 0.867. The topological polar surface area (TPSA) is 29.1 Å². The molecule has 1 amide bonds. The quantitative estimate of drug-likeness (QED) is 0.801. The lowest BCUT2D eigenvalue weighted by Crippen LogP contribution is -2.27. The summed E-state index contributed by atoms with van der Waals surface area (Å²) in [5.41, 5.74) is 1.24. The van der Waals surface area contributed by atoms with E-state index in [2.05, 4.69) is 33.4 Å². The Labute approximate surface area is 132 Å². The van der Waals surface area contributed by atoms with Gasteiger partial charge in [-0.25, -0.2) is 0 Å². The first kappa shape index (κ1) is 15.1. The van der Waals surface area contributed by atoms with Crippen LogP contribution in [0.25, 0.3) is 0 Å². The summed E-state index contributed by atoms with van der Waals surface area (Å²) in [4.78, 5) is 12.9. The van der Waals surface area contributed by atoms with Crippen molar-refractivity contribution in [2.45, 2.75) is 11.3 Å². The molecule has 0 spiro atoms. The molecular weight excluding hydrogens is 334 g/mol. The number of hydrogen-bond acceptors (Lipinski definition) is 2. The average molecular weight is 350 g/mol. The van der Waals surface area contributed by atoms with E-state index in [1.165, 1.54) is 5.56 Å². The zero-order chi connectivity index (χ0) is 14.2. The number of rotatable bonds is 6. The lowest BCUT2D eigenvalue weighted by molar-refractivity contribution is -0.118. The van der Waals surface area contributed by atoms with E-state index in [0.29, 0.717) is 12.3 Å². The van der Waals surface area contributed by atoms with E-state index in [1.54, 1.807) is 11.8 Å². The Hall–Kier alpha value is -1.26. The summed E-state index contributed by atoms with van der Waals surface area (Å²) in [6, 6.07) is 18.1. The van der Waals surface area contributed by atoms with Crippen LogP contribution < -0.4 is 5.32 Å². The van der Waals surface area contributed by atoms with Crippen molar-refractivity contribution < 1.29 is 4.79 Å². The molecule has 0 saturated heterocycles. The van der Waals surface area contributed by atoms with Crippen molar-refractivity contribution in [1.29, 1.82) is 0 Å². The molecule has 2 aromatic carbocycles. The van der Waals surface area contributed by atoms with Crippen molar-refractivity contribution in [3.63, 3.8) is 0 Å². The van der Waals surface area contributed by atoms with Crippen LogP contribution in [-0.2, 0) is 11.2 Å². The fourth-order valence-corrected chi connectivity index (χ4v) is 3.14. The summed E-state index contributed by atoms with van der Waals surface area (Å²) in [7, 11) is 0. The van der Waals surface area contributed by atoms with Gasteiger partial charge in [-0.05, 0) is 40.0 Å². The van der Waals surface area contributed by atoms with Gasteiger partial charge in [-0.2, -0.15) is 0 Å². The van der Waals surface area contributed by atoms with E-state index in [1.807, 2.05) is 42.5 Å². The first-order valence-corrected chi connectivity index (χ1v) is 8.21. The van der Waals surface area contributed by atoms with Gasteiger partial charge in [-0.3, -0.25) is 4.79 Å². The van der Waals surface area contributed by atoms with Gasteiger partial charge in [0.1, 0.15) is 0 Å². The molecule has 2 aromatic rings. The molecule has 0 fully saturated rings. The van der Waals surface area contributed by atoms with E-state index >= 15 is 0 Å². The monoisotopic (exact) mass is 349 g/mol. The van der Waals surface area contributed by atoms with Crippen molar-refractivity contribution in [2.75, 3.05) is 12.3 Å². The Balaban J connectivity index is 1.70. The number of thioether (sulfide) groups is 1. The fourth-order valence-electron chi connectivity index (χ4n) is 1.75. The fraction of sp³-hybridized carbons (Fsp3) is 0.188. The van der Waals surface area contributed by atoms with Crippen LogP contribution in [0.15, 0.2) is 64.0 Å². The molecule has 0 heterocycles. The highest BCUT2D eigenvalue weighted by Gasteiger charge is 2.04. The van der Waals surface area contributed by atoms with Crippen molar-refractivity contribution in [2.24, 2.45) is 0 Å². The van der Waals surface area contributed by atoms with Crippen LogP contribution >= 0.6 is 27.7 Å². The second-order valence-electron chi connectivity index (χ2n) is 4.30. The van der Waals surface area contributed by atoms with Gasteiger partial charge in [-0.1, -0.05) is 42.5 Å². The maximum atomic E-state index is 11.8. The third-order valence-electron chi connectivity index (χ3n) is 2.77. The maximum Gasteiger partial charge on any atom is 0.230 e. The Morgan fingerprint density at radius 3 is 2.50 bits per heavy atom. The molecular formula is C16H16BrNOS. The molecule has 0 aliphatic heterocycles. The highest BCUT2D eigenvalue weighted by Crippen LogP contribution is 2.26. The van der Waals surface area contributed by atoms with Crippen molar-refractivity contribution in [3.8, 4) is 0 Å². The van der Waals surface area contributed by atoms with Gasteiger partial charge in [0.15, 0.2) is 0 Å². The van der Waals surface area contributed by atoms with Crippen LogP contribution in [0, 0.1) is 0 Å². The summed E-state index contributed by atoms with van der Waals surface area (Å²) >= 11 is 5.02. The lowest BCUT2D eigenvalue weighted by Gasteiger charge is -2.06. The molecule has 0 aromatic heterocycles. The minimum atomic E-state index is 0.0710. The van der Waals surface area contributed by atoms with Crippen molar-refractivity contribution in [1.82, 2.24) is 5.32 Å². The first-order chi connectivity index (χ1) is 9.75. The van der Waals surface area contributed by atoms with Crippen LogP contribution in [0.5, 0.6) is 0 Å². The van der Waals surface area contributed by atoms with Gasteiger partial charge in [0.25, 0.3) is 0 Å². The van der Waals surface area contributed by atoms with E-state index in [-0.39, 0.29) is 5.91 Å². The number of benzene rings is 2. The number of carbonyl (C=O) groups is 1. The van der Waals surface area contributed by atoms with Gasteiger partial charge in [0.2, 0.25) is 5.91 Å². The molecule has 2 nitrogen and oxygen atoms in total. The smallest absolute Gasteiger partial charge is 0.230 e. The van der Waals surface area contributed by atoms with E-state index in [4.69, 9.17) is 0 Å². The summed E-state index contributed by atoms with van der Waals surface area (Å²) in [6.45, 7) is 0.680. The molecule has 2 rings (SSSR count). The molecule has 0 saturated carbocycles. The normalized spacial score (nSPS) is 10.2. The van der Waals surface area contributed by atoms with E-state index < -0.39 is 0 Å². The first-order valence-electron chi connectivity index (χ1n) is 6.43. The number of nitrogens with one attached hydrogen (secondary N) is 1. The van der Waals surface area contributed by atoms with Gasteiger partial charge < -0.3 is 5.32 Å². The predicted molar refractivity (Wildman–Crippen MR) is 88.0 cm³/mol. The van der Waals surface area contributed by atoms with Gasteiger partial charge in [0.05, 0.1) is 5.75 Å². The maximum absolute atomic E-state index is 11.8. The molecule has 0 bridgehead atoms. The number of hydrogen-bond donors (Lipinski definition) is 1. The second kappa shape index (κ2) is 8.12. The average Bonchev–Trinajstić information content (AvgIpc) is 2.47. The Kier molecular flexibility index (Phi) is 6.15. The Bertz CT molecular complexity index is 559. The minimum absolute atomic E-state index is 0.0710. The molecule has 0 atom stereocenters. The summed E-state index contributed by atoms with van der Waals surface area (Å²) < 4.78 is 1.03. The molecule has 4 heteroatoms. The Morgan fingerprint density at radius 2 is 1.75 bits per heavy atom.